The zero-order chi connectivity index (χ0) is 16.7. The molecule has 24 heavy (non-hydrogen) atoms. The van der Waals surface area contributed by atoms with Crippen LogP contribution in [0.3, 0.4) is 0 Å². The molecule has 4 aromatic rings. The zero-order valence-corrected chi connectivity index (χ0v) is 14.2. The summed E-state index contributed by atoms with van der Waals surface area (Å²) in [6.45, 7) is 4.26. The number of carbonyl (C=O) groups excluding carboxylic acids is 1. The quantitative estimate of drug-likeness (QED) is 0.617. The van der Waals surface area contributed by atoms with E-state index in [2.05, 4.69) is 15.3 Å². The first kappa shape index (κ1) is 14.8. The molecule has 1 amide bonds. The van der Waals surface area contributed by atoms with E-state index in [1.54, 1.807) is 17.7 Å². The van der Waals surface area contributed by atoms with Gasteiger partial charge in [0.1, 0.15) is 11.4 Å². The third-order valence-corrected chi connectivity index (χ3v) is 4.86. The molecule has 0 saturated heterocycles. The fourth-order valence-electron chi connectivity index (χ4n) is 2.96. The van der Waals surface area contributed by atoms with Crippen LogP contribution in [0.5, 0.6) is 0 Å². The molecule has 5 nitrogen and oxygen atoms in total. The van der Waals surface area contributed by atoms with E-state index in [9.17, 15) is 4.79 Å². The minimum Gasteiger partial charge on any atom is -0.323 e. The number of rotatable bonds is 3. The van der Waals surface area contributed by atoms with E-state index in [-0.39, 0.29) is 12.5 Å². The van der Waals surface area contributed by atoms with Crippen LogP contribution in [0.2, 0.25) is 0 Å². The molecule has 0 aliphatic carbocycles. The summed E-state index contributed by atoms with van der Waals surface area (Å²) in [7, 11) is 0. The van der Waals surface area contributed by atoms with Crippen molar-refractivity contribution in [2.24, 2.45) is 0 Å². The third kappa shape index (κ3) is 2.55. The molecular formula is C18H16N4OS. The number of para-hydroxylation sites is 2. The van der Waals surface area contributed by atoms with Crippen molar-refractivity contribution in [3.8, 4) is 0 Å². The van der Waals surface area contributed by atoms with Gasteiger partial charge in [0.05, 0.1) is 23.0 Å². The summed E-state index contributed by atoms with van der Waals surface area (Å²) in [4.78, 5) is 22.3. The fraction of sp³-hybridized carbons (Fsp3) is 0.167. The minimum absolute atomic E-state index is 0.0715. The molecule has 0 spiro atoms. The Kier molecular flexibility index (Phi) is 3.54. The number of hydrogen-bond acceptors (Lipinski definition) is 4. The molecule has 4 rings (SSSR count). The van der Waals surface area contributed by atoms with Crippen LogP contribution in [0.25, 0.3) is 21.3 Å². The number of aromatic nitrogens is 3. The first-order valence-electron chi connectivity index (χ1n) is 7.67. The van der Waals surface area contributed by atoms with Crippen molar-refractivity contribution in [2.75, 3.05) is 5.32 Å². The van der Waals surface area contributed by atoms with Crippen LogP contribution in [-0.2, 0) is 11.3 Å². The number of pyridine rings is 1. The summed E-state index contributed by atoms with van der Waals surface area (Å²) in [5, 5.41) is 5.99. The van der Waals surface area contributed by atoms with Crippen molar-refractivity contribution < 1.29 is 4.79 Å². The number of amides is 1. The molecule has 6 heteroatoms. The predicted octanol–water partition coefficient (Wildman–Crippen LogP) is 3.90. The highest BCUT2D eigenvalue weighted by atomic mass is 32.1. The lowest BCUT2D eigenvalue weighted by Gasteiger charge is -2.07. The lowest BCUT2D eigenvalue weighted by Crippen LogP contribution is -2.18. The molecule has 1 N–H and O–H groups in total. The van der Waals surface area contributed by atoms with E-state index in [4.69, 9.17) is 0 Å². The summed E-state index contributed by atoms with van der Waals surface area (Å²) in [5.41, 5.74) is 4.79. The van der Waals surface area contributed by atoms with Gasteiger partial charge >= 0.3 is 0 Å². The Hall–Kier alpha value is -2.73. The van der Waals surface area contributed by atoms with E-state index >= 15 is 0 Å². The van der Waals surface area contributed by atoms with Gasteiger partial charge in [0, 0.05) is 16.5 Å². The number of carbonyl (C=O) groups is 1. The van der Waals surface area contributed by atoms with Crippen LogP contribution in [-0.4, -0.2) is 20.4 Å². The lowest BCUT2D eigenvalue weighted by molar-refractivity contribution is -0.116. The maximum atomic E-state index is 12.5. The topological polar surface area (TPSA) is 59.8 Å². The van der Waals surface area contributed by atoms with Crippen LogP contribution >= 0.6 is 11.3 Å². The SMILES string of the molecule is Cc1cc(C)c2c(NC(=O)Cn3cnc4ccccc43)csc2n1. The lowest BCUT2D eigenvalue weighted by atomic mass is 10.1. The zero-order valence-electron chi connectivity index (χ0n) is 13.4. The minimum atomic E-state index is -0.0715. The van der Waals surface area contributed by atoms with E-state index in [0.29, 0.717) is 0 Å². The average Bonchev–Trinajstić information content (AvgIpc) is 3.12. The van der Waals surface area contributed by atoms with Crippen molar-refractivity contribution >= 4 is 44.2 Å². The maximum absolute atomic E-state index is 12.5. The Labute approximate surface area is 143 Å². The number of thiophene rings is 1. The smallest absolute Gasteiger partial charge is 0.244 e. The number of anilines is 1. The van der Waals surface area contributed by atoms with Crippen LogP contribution < -0.4 is 5.32 Å². The van der Waals surface area contributed by atoms with Crippen molar-refractivity contribution in [1.82, 2.24) is 14.5 Å². The van der Waals surface area contributed by atoms with Crippen LogP contribution in [0.15, 0.2) is 42.0 Å². The maximum Gasteiger partial charge on any atom is 0.244 e. The van der Waals surface area contributed by atoms with Crippen LogP contribution in [0, 0.1) is 13.8 Å². The number of hydrogen-bond donors (Lipinski definition) is 1. The van der Waals surface area contributed by atoms with Gasteiger partial charge in [-0.25, -0.2) is 9.97 Å². The van der Waals surface area contributed by atoms with Gasteiger partial charge in [0.2, 0.25) is 5.91 Å². The van der Waals surface area contributed by atoms with Crippen molar-refractivity contribution in [1.29, 1.82) is 0 Å². The normalized spacial score (nSPS) is 11.2. The third-order valence-electron chi connectivity index (χ3n) is 3.98. The first-order valence-corrected chi connectivity index (χ1v) is 8.55. The number of nitrogens with one attached hydrogen (secondary N) is 1. The number of nitrogens with zero attached hydrogens (tertiary/aromatic N) is 3. The molecule has 0 aliphatic rings. The first-order chi connectivity index (χ1) is 11.6. The molecule has 1 aromatic carbocycles. The van der Waals surface area contributed by atoms with Crippen molar-refractivity contribution in [3.05, 3.63) is 53.3 Å². The van der Waals surface area contributed by atoms with Gasteiger partial charge in [-0.2, -0.15) is 0 Å². The van der Waals surface area contributed by atoms with E-state index in [1.165, 1.54) is 0 Å². The Morgan fingerprint density at radius 1 is 1.29 bits per heavy atom. The molecule has 0 saturated carbocycles. The molecule has 3 aromatic heterocycles. The standard InChI is InChI=1S/C18H16N4OS/c1-11-7-12(2)20-18-17(11)14(9-24-18)21-16(23)8-22-10-19-13-5-3-4-6-15(13)22/h3-7,9-10H,8H2,1-2H3,(H,21,23). The van der Waals surface area contributed by atoms with Gasteiger partial charge in [-0.3, -0.25) is 4.79 Å². The number of fused-ring (bicyclic) bond motifs is 2. The average molecular weight is 336 g/mol. The summed E-state index contributed by atoms with van der Waals surface area (Å²) < 4.78 is 1.86. The molecule has 120 valence electrons. The Morgan fingerprint density at radius 2 is 2.12 bits per heavy atom. The van der Waals surface area contributed by atoms with Crippen LogP contribution in [0.1, 0.15) is 11.3 Å². The Morgan fingerprint density at radius 3 is 3.00 bits per heavy atom. The number of imidazole rings is 1. The Bertz CT molecular complexity index is 1060. The molecule has 0 radical (unpaired) electrons. The molecule has 0 fully saturated rings. The molecule has 3 heterocycles. The molecule has 0 bridgehead atoms. The highest BCUT2D eigenvalue weighted by Crippen LogP contribution is 2.32. The van der Waals surface area contributed by atoms with Crippen molar-refractivity contribution in [3.63, 3.8) is 0 Å². The Balaban J connectivity index is 1.61. The van der Waals surface area contributed by atoms with Gasteiger partial charge in [0.25, 0.3) is 0 Å². The summed E-state index contributed by atoms with van der Waals surface area (Å²) in [6, 6.07) is 9.82. The summed E-state index contributed by atoms with van der Waals surface area (Å²) in [5.74, 6) is -0.0715. The highest BCUT2D eigenvalue weighted by Gasteiger charge is 2.13. The van der Waals surface area contributed by atoms with Gasteiger partial charge in [-0.05, 0) is 37.6 Å². The summed E-state index contributed by atoms with van der Waals surface area (Å²) in [6.07, 6.45) is 1.70. The second-order valence-electron chi connectivity index (χ2n) is 5.82. The molecular weight excluding hydrogens is 320 g/mol. The van der Waals surface area contributed by atoms with E-state index in [1.807, 2.05) is 54.1 Å². The molecule has 0 atom stereocenters. The molecule has 0 unspecified atom stereocenters. The van der Waals surface area contributed by atoms with Gasteiger partial charge in [0.15, 0.2) is 0 Å². The predicted molar refractivity (Wildman–Crippen MR) is 97.5 cm³/mol. The fourth-order valence-corrected chi connectivity index (χ4v) is 3.95. The van der Waals surface area contributed by atoms with E-state index in [0.717, 1.165) is 38.2 Å². The van der Waals surface area contributed by atoms with Gasteiger partial charge in [-0.1, -0.05) is 12.1 Å². The number of benzene rings is 1. The van der Waals surface area contributed by atoms with Crippen LogP contribution in [0.4, 0.5) is 5.69 Å². The largest absolute Gasteiger partial charge is 0.323 e. The van der Waals surface area contributed by atoms with E-state index < -0.39 is 0 Å². The monoisotopic (exact) mass is 336 g/mol. The summed E-state index contributed by atoms with van der Waals surface area (Å²) >= 11 is 1.55. The molecule has 0 aliphatic heterocycles. The van der Waals surface area contributed by atoms with Gasteiger partial charge in [-0.15, -0.1) is 11.3 Å². The highest BCUT2D eigenvalue weighted by molar-refractivity contribution is 7.17. The van der Waals surface area contributed by atoms with Gasteiger partial charge < -0.3 is 9.88 Å². The second kappa shape index (κ2) is 5.72. The van der Waals surface area contributed by atoms with Crippen molar-refractivity contribution in [2.45, 2.75) is 20.4 Å². The second-order valence-corrected chi connectivity index (χ2v) is 6.68. The number of aryl methyl sites for hydroxylation is 2.